The lowest BCUT2D eigenvalue weighted by Crippen LogP contribution is -2.17. The SMILES string of the molecule is CCOCc1nc2c(N)nc3ccccc3c2n1C[C@H](C)OC. The van der Waals surface area contributed by atoms with E-state index in [9.17, 15) is 0 Å². The molecular formula is C17H22N4O2. The monoisotopic (exact) mass is 314 g/mol. The summed E-state index contributed by atoms with van der Waals surface area (Å²) in [5, 5.41) is 1.04. The van der Waals surface area contributed by atoms with Crippen LogP contribution in [0, 0.1) is 0 Å². The number of ether oxygens (including phenoxy) is 2. The number of imidazole rings is 1. The number of hydrogen-bond acceptors (Lipinski definition) is 5. The average Bonchev–Trinajstić information content (AvgIpc) is 2.92. The Balaban J connectivity index is 2.28. The van der Waals surface area contributed by atoms with Crippen LogP contribution in [0.5, 0.6) is 0 Å². The molecule has 0 fully saturated rings. The largest absolute Gasteiger partial charge is 0.382 e. The number of anilines is 1. The first-order chi connectivity index (χ1) is 11.2. The van der Waals surface area contributed by atoms with E-state index in [1.807, 2.05) is 38.1 Å². The van der Waals surface area contributed by atoms with E-state index in [0.717, 1.165) is 27.8 Å². The molecule has 1 aromatic carbocycles. The number of nitrogens with two attached hydrogens (primary N) is 1. The molecule has 2 N–H and O–H groups in total. The number of aromatic nitrogens is 3. The fraction of sp³-hybridized carbons (Fsp3) is 0.412. The Morgan fingerprint density at radius 2 is 2.04 bits per heavy atom. The highest BCUT2D eigenvalue weighted by atomic mass is 16.5. The summed E-state index contributed by atoms with van der Waals surface area (Å²) in [6.45, 7) is 5.76. The zero-order valence-electron chi connectivity index (χ0n) is 13.7. The summed E-state index contributed by atoms with van der Waals surface area (Å²) in [5.74, 6) is 1.29. The van der Waals surface area contributed by atoms with E-state index >= 15 is 0 Å². The van der Waals surface area contributed by atoms with Crippen LogP contribution in [0.3, 0.4) is 0 Å². The number of fused-ring (bicyclic) bond motifs is 3. The van der Waals surface area contributed by atoms with E-state index in [1.165, 1.54) is 0 Å². The molecule has 0 aliphatic heterocycles. The molecule has 0 amide bonds. The number of hydrogen-bond donors (Lipinski definition) is 1. The summed E-state index contributed by atoms with van der Waals surface area (Å²) in [4.78, 5) is 9.15. The molecule has 23 heavy (non-hydrogen) atoms. The van der Waals surface area contributed by atoms with Gasteiger partial charge in [-0.05, 0) is 19.9 Å². The minimum atomic E-state index is 0.0564. The van der Waals surface area contributed by atoms with Crippen molar-refractivity contribution in [2.24, 2.45) is 0 Å². The van der Waals surface area contributed by atoms with E-state index in [2.05, 4.69) is 14.5 Å². The van der Waals surface area contributed by atoms with Crippen LogP contribution in [0.2, 0.25) is 0 Å². The smallest absolute Gasteiger partial charge is 0.152 e. The minimum absolute atomic E-state index is 0.0564. The van der Waals surface area contributed by atoms with Gasteiger partial charge in [0.05, 0.1) is 23.7 Å². The van der Waals surface area contributed by atoms with Gasteiger partial charge in [-0.25, -0.2) is 9.97 Å². The van der Waals surface area contributed by atoms with Gasteiger partial charge in [-0.3, -0.25) is 0 Å². The van der Waals surface area contributed by atoms with Crippen molar-refractivity contribution in [3.63, 3.8) is 0 Å². The number of para-hydroxylation sites is 1. The first kappa shape index (κ1) is 15.7. The van der Waals surface area contributed by atoms with Crippen LogP contribution in [-0.4, -0.2) is 34.4 Å². The van der Waals surface area contributed by atoms with Crippen LogP contribution in [0.25, 0.3) is 21.9 Å². The van der Waals surface area contributed by atoms with Crippen molar-refractivity contribution < 1.29 is 9.47 Å². The van der Waals surface area contributed by atoms with Crippen molar-refractivity contribution in [1.29, 1.82) is 0 Å². The van der Waals surface area contributed by atoms with Crippen molar-refractivity contribution in [1.82, 2.24) is 14.5 Å². The first-order valence-electron chi connectivity index (χ1n) is 7.79. The van der Waals surface area contributed by atoms with Gasteiger partial charge in [-0.1, -0.05) is 18.2 Å². The van der Waals surface area contributed by atoms with Gasteiger partial charge in [-0.2, -0.15) is 0 Å². The van der Waals surface area contributed by atoms with Gasteiger partial charge in [0.15, 0.2) is 5.82 Å². The lowest BCUT2D eigenvalue weighted by atomic mass is 10.2. The molecule has 0 aliphatic rings. The van der Waals surface area contributed by atoms with Crippen molar-refractivity contribution in [3.8, 4) is 0 Å². The molecule has 0 radical (unpaired) electrons. The molecular weight excluding hydrogens is 292 g/mol. The highest BCUT2D eigenvalue weighted by molar-refractivity contribution is 6.06. The minimum Gasteiger partial charge on any atom is -0.382 e. The molecule has 3 aromatic rings. The number of nitrogen functional groups attached to an aromatic ring is 1. The standard InChI is InChI=1S/C17H22N4O2/c1-4-23-10-14-20-15-16(21(14)9-11(2)22-3)12-7-5-6-8-13(12)19-17(15)18/h5-8,11H,4,9-10H2,1-3H3,(H2,18,19)/t11-/m0/s1. The second-order valence-corrected chi connectivity index (χ2v) is 5.53. The Hall–Kier alpha value is -2.18. The Labute approximate surface area is 135 Å². The number of pyridine rings is 1. The lowest BCUT2D eigenvalue weighted by molar-refractivity contribution is 0.0960. The van der Waals surface area contributed by atoms with Gasteiger partial charge in [0.1, 0.15) is 17.9 Å². The Morgan fingerprint density at radius 1 is 1.26 bits per heavy atom. The third-order valence-corrected chi connectivity index (χ3v) is 3.97. The molecule has 2 aromatic heterocycles. The van der Waals surface area contributed by atoms with E-state index < -0.39 is 0 Å². The number of rotatable bonds is 6. The Kier molecular flexibility index (Phi) is 4.45. The second-order valence-electron chi connectivity index (χ2n) is 5.53. The van der Waals surface area contributed by atoms with Crippen LogP contribution in [-0.2, 0) is 22.6 Å². The van der Waals surface area contributed by atoms with E-state index in [0.29, 0.717) is 25.6 Å². The molecule has 3 rings (SSSR count). The van der Waals surface area contributed by atoms with Crippen LogP contribution in [0.1, 0.15) is 19.7 Å². The fourth-order valence-corrected chi connectivity index (χ4v) is 2.74. The lowest BCUT2D eigenvalue weighted by Gasteiger charge is -2.15. The van der Waals surface area contributed by atoms with Crippen LogP contribution < -0.4 is 5.73 Å². The normalized spacial score (nSPS) is 13.0. The van der Waals surface area contributed by atoms with Crippen molar-refractivity contribution in [2.45, 2.75) is 33.1 Å². The van der Waals surface area contributed by atoms with Gasteiger partial charge in [0.2, 0.25) is 0 Å². The van der Waals surface area contributed by atoms with Gasteiger partial charge < -0.3 is 19.8 Å². The van der Waals surface area contributed by atoms with Gasteiger partial charge in [-0.15, -0.1) is 0 Å². The van der Waals surface area contributed by atoms with Crippen molar-refractivity contribution >= 4 is 27.8 Å². The zero-order chi connectivity index (χ0) is 16.4. The number of nitrogens with zero attached hydrogens (tertiary/aromatic N) is 3. The fourth-order valence-electron chi connectivity index (χ4n) is 2.74. The average molecular weight is 314 g/mol. The molecule has 0 bridgehead atoms. The second kappa shape index (κ2) is 6.52. The molecule has 1 atom stereocenters. The van der Waals surface area contributed by atoms with Crippen LogP contribution in [0.15, 0.2) is 24.3 Å². The van der Waals surface area contributed by atoms with Crippen molar-refractivity contribution in [2.75, 3.05) is 19.5 Å². The molecule has 2 heterocycles. The summed E-state index contributed by atoms with van der Waals surface area (Å²) in [6, 6.07) is 7.97. The maximum atomic E-state index is 6.14. The van der Waals surface area contributed by atoms with E-state index in [1.54, 1.807) is 7.11 Å². The molecule has 0 unspecified atom stereocenters. The highest BCUT2D eigenvalue weighted by Gasteiger charge is 2.18. The van der Waals surface area contributed by atoms with Gasteiger partial charge in [0, 0.05) is 19.1 Å². The van der Waals surface area contributed by atoms with E-state index in [-0.39, 0.29) is 6.10 Å². The third-order valence-electron chi connectivity index (χ3n) is 3.97. The zero-order valence-corrected chi connectivity index (χ0v) is 13.7. The topological polar surface area (TPSA) is 75.2 Å². The molecule has 6 nitrogen and oxygen atoms in total. The summed E-state index contributed by atoms with van der Waals surface area (Å²) >= 11 is 0. The molecule has 6 heteroatoms. The summed E-state index contributed by atoms with van der Waals surface area (Å²) in [5.41, 5.74) is 8.72. The highest BCUT2D eigenvalue weighted by Crippen LogP contribution is 2.29. The quantitative estimate of drug-likeness (QED) is 0.757. The molecule has 0 aliphatic carbocycles. The third kappa shape index (κ3) is 2.87. The first-order valence-corrected chi connectivity index (χ1v) is 7.79. The molecule has 0 saturated heterocycles. The molecule has 122 valence electrons. The van der Waals surface area contributed by atoms with Crippen LogP contribution >= 0.6 is 0 Å². The maximum Gasteiger partial charge on any atom is 0.152 e. The molecule has 0 saturated carbocycles. The summed E-state index contributed by atoms with van der Waals surface area (Å²) < 4.78 is 13.1. The van der Waals surface area contributed by atoms with E-state index in [4.69, 9.17) is 15.2 Å². The summed E-state index contributed by atoms with van der Waals surface area (Å²) in [7, 11) is 1.71. The van der Waals surface area contributed by atoms with Crippen molar-refractivity contribution in [3.05, 3.63) is 30.1 Å². The van der Waals surface area contributed by atoms with Gasteiger partial charge >= 0.3 is 0 Å². The number of methoxy groups -OCH3 is 1. The number of benzene rings is 1. The Bertz CT molecular complexity index is 828. The molecule has 0 spiro atoms. The predicted molar refractivity (Wildman–Crippen MR) is 91.2 cm³/mol. The maximum absolute atomic E-state index is 6.14. The van der Waals surface area contributed by atoms with Gasteiger partial charge in [0.25, 0.3) is 0 Å². The predicted octanol–water partition coefficient (Wildman–Crippen LogP) is 2.74. The summed E-state index contributed by atoms with van der Waals surface area (Å²) in [6.07, 6.45) is 0.0564. The van der Waals surface area contributed by atoms with Crippen LogP contribution in [0.4, 0.5) is 5.82 Å². The Morgan fingerprint density at radius 3 is 2.78 bits per heavy atom.